The van der Waals surface area contributed by atoms with E-state index in [1.54, 1.807) is 0 Å². The van der Waals surface area contributed by atoms with Gasteiger partial charge in [0.2, 0.25) is 0 Å². The fourth-order valence-corrected chi connectivity index (χ4v) is 2.63. The first-order valence-corrected chi connectivity index (χ1v) is 7.96. The maximum absolute atomic E-state index is 12.1. The molecule has 0 aliphatic carbocycles. The Balaban J connectivity index is 1.97. The molecule has 1 amide bonds. The molecule has 0 fully saturated rings. The first-order chi connectivity index (χ1) is 11.8. The zero-order valence-electron chi connectivity index (χ0n) is 12.9. The van der Waals surface area contributed by atoms with Crippen LogP contribution in [0.4, 0.5) is 5.69 Å². The molecule has 2 aromatic rings. The molecule has 0 saturated heterocycles. The van der Waals surface area contributed by atoms with Gasteiger partial charge in [-0.25, -0.2) is 0 Å². The summed E-state index contributed by atoms with van der Waals surface area (Å²) in [5, 5.41) is 24.0. The van der Waals surface area contributed by atoms with E-state index in [1.165, 1.54) is 42.5 Å². The largest absolute Gasteiger partial charge is 0.387 e. The summed E-state index contributed by atoms with van der Waals surface area (Å²) in [5.41, 5.74) is 6.45. The van der Waals surface area contributed by atoms with Crippen molar-refractivity contribution >= 4 is 34.8 Å². The Morgan fingerprint density at radius 2 is 1.88 bits per heavy atom. The number of benzene rings is 2. The molecule has 4 N–H and O–H groups in total. The van der Waals surface area contributed by atoms with Crippen LogP contribution in [0.15, 0.2) is 42.5 Å². The van der Waals surface area contributed by atoms with E-state index in [2.05, 4.69) is 5.32 Å². The maximum Gasteiger partial charge on any atom is 0.269 e. The third kappa shape index (κ3) is 4.90. The van der Waals surface area contributed by atoms with Crippen LogP contribution in [-0.2, 0) is 0 Å². The maximum atomic E-state index is 12.1. The number of halogens is 2. The zero-order chi connectivity index (χ0) is 18.6. The predicted molar refractivity (Wildman–Crippen MR) is 94.8 cm³/mol. The lowest BCUT2D eigenvalue weighted by molar-refractivity contribution is -0.384. The molecule has 9 heteroatoms. The fraction of sp³-hybridized carbons (Fsp3) is 0.188. The van der Waals surface area contributed by atoms with Gasteiger partial charge in [-0.3, -0.25) is 14.9 Å². The smallest absolute Gasteiger partial charge is 0.269 e. The Bertz CT molecular complexity index is 783. The first-order valence-electron chi connectivity index (χ1n) is 7.21. The monoisotopic (exact) mass is 383 g/mol. The van der Waals surface area contributed by atoms with Crippen LogP contribution < -0.4 is 11.1 Å². The summed E-state index contributed by atoms with van der Waals surface area (Å²) in [6, 6.07) is 9.04. The Morgan fingerprint density at radius 3 is 2.44 bits per heavy atom. The number of non-ortho nitro benzene ring substituents is 1. The molecule has 0 bridgehead atoms. The second kappa shape index (κ2) is 8.26. The van der Waals surface area contributed by atoms with Gasteiger partial charge in [0.05, 0.1) is 27.7 Å². The van der Waals surface area contributed by atoms with Crippen molar-refractivity contribution in [3.05, 3.63) is 73.8 Å². The van der Waals surface area contributed by atoms with Gasteiger partial charge in [0, 0.05) is 23.7 Å². The molecule has 0 spiro atoms. The highest BCUT2D eigenvalue weighted by Crippen LogP contribution is 2.22. The molecule has 0 unspecified atom stereocenters. The molecule has 0 aromatic heterocycles. The van der Waals surface area contributed by atoms with Crippen molar-refractivity contribution < 1.29 is 14.8 Å². The Morgan fingerprint density at radius 1 is 1.24 bits per heavy atom. The van der Waals surface area contributed by atoms with Gasteiger partial charge in [-0.1, -0.05) is 23.2 Å². The summed E-state index contributed by atoms with van der Waals surface area (Å²) < 4.78 is 0. The second-order valence-electron chi connectivity index (χ2n) is 5.29. The SMILES string of the molecule is N[C@@H](CNC(=O)c1ccc(Cl)cc1Cl)[C@@H](O)c1ccc([N+](=O)[O-])cc1. The lowest BCUT2D eigenvalue weighted by Gasteiger charge is -2.19. The van der Waals surface area contributed by atoms with Gasteiger partial charge in [0.25, 0.3) is 11.6 Å². The number of nitro groups is 1. The van der Waals surface area contributed by atoms with Gasteiger partial charge in [0.1, 0.15) is 0 Å². The molecule has 7 nitrogen and oxygen atoms in total. The highest BCUT2D eigenvalue weighted by molar-refractivity contribution is 6.36. The Kier molecular flexibility index (Phi) is 6.33. The quantitative estimate of drug-likeness (QED) is 0.523. The van der Waals surface area contributed by atoms with E-state index in [0.29, 0.717) is 10.6 Å². The number of hydrogen-bond donors (Lipinski definition) is 3. The van der Waals surface area contributed by atoms with Crippen molar-refractivity contribution in [1.82, 2.24) is 5.32 Å². The van der Waals surface area contributed by atoms with Crippen LogP contribution >= 0.6 is 23.2 Å². The van der Waals surface area contributed by atoms with Gasteiger partial charge in [-0.05, 0) is 35.9 Å². The van der Waals surface area contributed by atoms with E-state index in [9.17, 15) is 20.0 Å². The van der Waals surface area contributed by atoms with Crippen molar-refractivity contribution in [2.75, 3.05) is 6.54 Å². The molecule has 2 aromatic carbocycles. The molecule has 0 aliphatic heterocycles. The number of amides is 1. The molecule has 132 valence electrons. The van der Waals surface area contributed by atoms with Crippen molar-refractivity contribution in [3.63, 3.8) is 0 Å². The zero-order valence-corrected chi connectivity index (χ0v) is 14.4. The number of nitro benzene ring substituents is 1. The number of aliphatic hydroxyl groups is 1. The first kappa shape index (κ1) is 19.1. The highest BCUT2D eigenvalue weighted by Gasteiger charge is 2.19. The summed E-state index contributed by atoms with van der Waals surface area (Å²) in [6.45, 7) is -0.0179. The second-order valence-corrected chi connectivity index (χ2v) is 6.14. The number of nitrogens with two attached hydrogens (primary N) is 1. The van der Waals surface area contributed by atoms with Crippen LogP contribution in [0.3, 0.4) is 0 Å². The lowest BCUT2D eigenvalue weighted by atomic mass is 10.0. The van der Waals surface area contributed by atoms with Crippen molar-refractivity contribution in [2.45, 2.75) is 12.1 Å². The summed E-state index contributed by atoms with van der Waals surface area (Å²) in [6.07, 6.45) is -1.10. The van der Waals surface area contributed by atoms with Gasteiger partial charge < -0.3 is 16.2 Å². The average Bonchev–Trinajstić information content (AvgIpc) is 2.58. The Hall–Kier alpha value is -2.19. The fourth-order valence-electron chi connectivity index (χ4n) is 2.13. The van der Waals surface area contributed by atoms with E-state index < -0.39 is 23.0 Å². The van der Waals surface area contributed by atoms with Crippen LogP contribution in [0, 0.1) is 10.1 Å². The number of nitrogens with one attached hydrogen (secondary N) is 1. The molecule has 0 aliphatic rings. The summed E-state index contributed by atoms with van der Waals surface area (Å²) in [5.74, 6) is -0.451. The van der Waals surface area contributed by atoms with Crippen LogP contribution in [-0.4, -0.2) is 28.5 Å². The van der Waals surface area contributed by atoms with E-state index in [4.69, 9.17) is 28.9 Å². The van der Waals surface area contributed by atoms with Crippen LogP contribution in [0.5, 0.6) is 0 Å². The van der Waals surface area contributed by atoms with E-state index in [0.717, 1.165) is 0 Å². The van der Waals surface area contributed by atoms with Crippen LogP contribution in [0.1, 0.15) is 22.0 Å². The van der Waals surface area contributed by atoms with Gasteiger partial charge in [-0.15, -0.1) is 0 Å². The van der Waals surface area contributed by atoms with Crippen molar-refractivity contribution in [2.24, 2.45) is 5.73 Å². The topological polar surface area (TPSA) is 118 Å². The van der Waals surface area contributed by atoms with E-state index >= 15 is 0 Å². The minimum atomic E-state index is -1.10. The number of nitrogens with zero attached hydrogens (tertiary/aromatic N) is 1. The molecule has 25 heavy (non-hydrogen) atoms. The van der Waals surface area contributed by atoms with Crippen LogP contribution in [0.25, 0.3) is 0 Å². The van der Waals surface area contributed by atoms with Gasteiger partial charge in [-0.2, -0.15) is 0 Å². The average molecular weight is 384 g/mol. The molecule has 0 saturated carbocycles. The van der Waals surface area contributed by atoms with Gasteiger partial charge in [0.15, 0.2) is 0 Å². The highest BCUT2D eigenvalue weighted by atomic mass is 35.5. The minimum absolute atomic E-state index is 0.0179. The molecule has 2 rings (SSSR count). The third-order valence-electron chi connectivity index (χ3n) is 3.53. The molecule has 2 atom stereocenters. The molecule has 0 radical (unpaired) electrons. The lowest BCUT2D eigenvalue weighted by Crippen LogP contribution is -2.41. The summed E-state index contributed by atoms with van der Waals surface area (Å²) in [4.78, 5) is 22.2. The minimum Gasteiger partial charge on any atom is -0.387 e. The Labute approximate surface area is 153 Å². The van der Waals surface area contributed by atoms with E-state index in [1.807, 2.05) is 0 Å². The van der Waals surface area contributed by atoms with Crippen LogP contribution in [0.2, 0.25) is 10.0 Å². The van der Waals surface area contributed by atoms with E-state index in [-0.39, 0.29) is 22.8 Å². The van der Waals surface area contributed by atoms with Crippen molar-refractivity contribution in [3.8, 4) is 0 Å². The molecular formula is C16H15Cl2N3O4. The van der Waals surface area contributed by atoms with Gasteiger partial charge >= 0.3 is 0 Å². The number of hydrogen-bond acceptors (Lipinski definition) is 5. The molecule has 0 heterocycles. The number of aliphatic hydroxyl groups excluding tert-OH is 1. The third-order valence-corrected chi connectivity index (χ3v) is 4.07. The normalized spacial score (nSPS) is 13.1. The number of rotatable bonds is 6. The summed E-state index contributed by atoms with van der Waals surface area (Å²) >= 11 is 11.7. The number of carbonyl (C=O) groups is 1. The number of carbonyl (C=O) groups excluding carboxylic acids is 1. The standard InChI is InChI=1S/C16H15Cl2N3O4/c17-10-3-6-12(13(18)7-10)16(23)20-8-14(19)15(22)9-1-4-11(5-2-9)21(24)25/h1-7,14-15,22H,8,19H2,(H,20,23)/t14-,15-/m0/s1. The predicted octanol–water partition coefficient (Wildman–Crippen LogP) is 2.69. The summed E-state index contributed by atoms with van der Waals surface area (Å²) in [7, 11) is 0. The molecular weight excluding hydrogens is 369 g/mol. The van der Waals surface area contributed by atoms with Crippen molar-refractivity contribution in [1.29, 1.82) is 0 Å².